The van der Waals surface area contributed by atoms with Gasteiger partial charge in [-0.05, 0) is 59.0 Å². The van der Waals surface area contributed by atoms with Gasteiger partial charge in [-0.2, -0.15) is 4.98 Å². The zero-order chi connectivity index (χ0) is 13.9. The van der Waals surface area contributed by atoms with Crippen LogP contribution in [0.1, 0.15) is 12.8 Å². The molecule has 2 aromatic rings. The SMILES string of the molecule is Brc1ccc(Nc2ncc(Br)c(NCC3CC3)n2)cc1. The zero-order valence-corrected chi connectivity index (χ0v) is 13.9. The van der Waals surface area contributed by atoms with Gasteiger partial charge in [0.1, 0.15) is 5.82 Å². The Morgan fingerprint density at radius 1 is 1.15 bits per heavy atom. The van der Waals surface area contributed by atoms with Gasteiger partial charge in [0, 0.05) is 22.9 Å². The molecule has 3 rings (SSSR count). The van der Waals surface area contributed by atoms with Gasteiger partial charge in [0.15, 0.2) is 0 Å². The van der Waals surface area contributed by atoms with E-state index in [4.69, 9.17) is 0 Å². The summed E-state index contributed by atoms with van der Waals surface area (Å²) in [6.45, 7) is 0.980. The summed E-state index contributed by atoms with van der Waals surface area (Å²) in [5, 5.41) is 6.56. The lowest BCUT2D eigenvalue weighted by Gasteiger charge is -2.10. The maximum Gasteiger partial charge on any atom is 0.229 e. The third-order valence-electron chi connectivity index (χ3n) is 3.10. The van der Waals surface area contributed by atoms with Crippen molar-refractivity contribution >= 4 is 49.3 Å². The van der Waals surface area contributed by atoms with Crippen molar-refractivity contribution in [2.75, 3.05) is 17.2 Å². The molecule has 0 saturated heterocycles. The molecule has 0 bridgehead atoms. The van der Waals surface area contributed by atoms with E-state index >= 15 is 0 Å². The van der Waals surface area contributed by atoms with Crippen LogP contribution in [-0.2, 0) is 0 Å². The van der Waals surface area contributed by atoms with E-state index < -0.39 is 0 Å². The van der Waals surface area contributed by atoms with E-state index in [0.29, 0.717) is 5.95 Å². The normalized spacial score (nSPS) is 14.1. The Bertz CT molecular complexity index is 597. The van der Waals surface area contributed by atoms with Crippen molar-refractivity contribution in [3.8, 4) is 0 Å². The zero-order valence-electron chi connectivity index (χ0n) is 10.7. The molecule has 104 valence electrons. The minimum absolute atomic E-state index is 0.591. The molecule has 6 heteroatoms. The van der Waals surface area contributed by atoms with Crippen LogP contribution in [0, 0.1) is 5.92 Å². The van der Waals surface area contributed by atoms with E-state index in [1.54, 1.807) is 6.20 Å². The molecular formula is C14H14Br2N4. The van der Waals surface area contributed by atoms with Gasteiger partial charge in [-0.1, -0.05) is 15.9 Å². The molecule has 1 aromatic carbocycles. The molecule has 2 N–H and O–H groups in total. The number of benzene rings is 1. The molecule has 20 heavy (non-hydrogen) atoms. The molecule has 1 aromatic heterocycles. The Balaban J connectivity index is 1.71. The summed E-state index contributed by atoms with van der Waals surface area (Å²) >= 11 is 6.89. The first kappa shape index (κ1) is 13.8. The van der Waals surface area contributed by atoms with Crippen molar-refractivity contribution in [2.24, 2.45) is 5.92 Å². The number of rotatable bonds is 5. The van der Waals surface area contributed by atoms with Crippen LogP contribution in [-0.4, -0.2) is 16.5 Å². The molecule has 4 nitrogen and oxygen atoms in total. The lowest BCUT2D eigenvalue weighted by atomic mass is 10.3. The Morgan fingerprint density at radius 3 is 2.60 bits per heavy atom. The van der Waals surface area contributed by atoms with Crippen LogP contribution in [0.5, 0.6) is 0 Å². The maximum atomic E-state index is 4.50. The highest BCUT2D eigenvalue weighted by Crippen LogP contribution is 2.30. The summed E-state index contributed by atoms with van der Waals surface area (Å²) < 4.78 is 1.94. The fraction of sp³-hybridized carbons (Fsp3) is 0.286. The van der Waals surface area contributed by atoms with Gasteiger partial charge in [-0.25, -0.2) is 4.98 Å². The fourth-order valence-corrected chi connectivity index (χ4v) is 2.37. The van der Waals surface area contributed by atoms with Crippen molar-refractivity contribution < 1.29 is 0 Å². The first-order valence-electron chi connectivity index (χ1n) is 6.50. The molecule has 0 unspecified atom stereocenters. The number of halogens is 2. The second kappa shape index (κ2) is 6.10. The predicted molar refractivity (Wildman–Crippen MR) is 88.4 cm³/mol. The Labute approximate surface area is 134 Å². The quantitative estimate of drug-likeness (QED) is 0.775. The number of aromatic nitrogens is 2. The summed E-state index contributed by atoms with van der Waals surface area (Å²) in [5.74, 6) is 2.24. The molecule has 1 aliphatic carbocycles. The van der Waals surface area contributed by atoms with E-state index in [9.17, 15) is 0 Å². The molecule has 0 radical (unpaired) electrons. The van der Waals surface area contributed by atoms with Crippen molar-refractivity contribution in [3.05, 3.63) is 39.4 Å². The molecule has 0 atom stereocenters. The Morgan fingerprint density at radius 2 is 1.90 bits per heavy atom. The number of nitrogens with zero attached hydrogens (tertiary/aromatic N) is 2. The molecule has 0 aliphatic heterocycles. The van der Waals surface area contributed by atoms with Crippen molar-refractivity contribution in [1.82, 2.24) is 9.97 Å². The van der Waals surface area contributed by atoms with Gasteiger partial charge in [0.25, 0.3) is 0 Å². The maximum absolute atomic E-state index is 4.50. The van der Waals surface area contributed by atoms with Crippen molar-refractivity contribution in [1.29, 1.82) is 0 Å². The lowest BCUT2D eigenvalue weighted by molar-refractivity contribution is 0.880. The summed E-state index contributed by atoms with van der Waals surface area (Å²) in [6.07, 6.45) is 4.41. The van der Waals surface area contributed by atoms with Gasteiger partial charge in [0.05, 0.1) is 4.47 Å². The van der Waals surface area contributed by atoms with E-state index in [-0.39, 0.29) is 0 Å². The molecule has 1 fully saturated rings. The van der Waals surface area contributed by atoms with Crippen molar-refractivity contribution in [3.63, 3.8) is 0 Å². The van der Waals surface area contributed by atoms with Gasteiger partial charge in [0.2, 0.25) is 5.95 Å². The van der Waals surface area contributed by atoms with Crippen LogP contribution in [0.4, 0.5) is 17.5 Å². The average Bonchev–Trinajstić information content (AvgIpc) is 3.26. The second-order valence-electron chi connectivity index (χ2n) is 4.85. The summed E-state index contributed by atoms with van der Waals surface area (Å²) in [6, 6.07) is 7.92. The van der Waals surface area contributed by atoms with Crippen LogP contribution in [0.3, 0.4) is 0 Å². The van der Waals surface area contributed by atoms with E-state index in [0.717, 1.165) is 32.9 Å². The smallest absolute Gasteiger partial charge is 0.229 e. The molecule has 1 saturated carbocycles. The second-order valence-corrected chi connectivity index (χ2v) is 6.62. The summed E-state index contributed by atoms with van der Waals surface area (Å²) in [5.41, 5.74) is 0.962. The average molecular weight is 398 g/mol. The highest BCUT2D eigenvalue weighted by molar-refractivity contribution is 9.10. The van der Waals surface area contributed by atoms with E-state index in [2.05, 4.69) is 52.5 Å². The van der Waals surface area contributed by atoms with Gasteiger partial charge < -0.3 is 10.6 Å². The first-order chi connectivity index (χ1) is 9.70. The molecule has 0 spiro atoms. The summed E-state index contributed by atoms with van der Waals surface area (Å²) in [7, 11) is 0. The molecule has 1 aliphatic rings. The van der Waals surface area contributed by atoms with Gasteiger partial charge in [-0.3, -0.25) is 0 Å². The van der Waals surface area contributed by atoms with Gasteiger partial charge >= 0.3 is 0 Å². The van der Waals surface area contributed by atoms with Crippen LogP contribution in [0.2, 0.25) is 0 Å². The monoisotopic (exact) mass is 396 g/mol. The standard InChI is InChI=1S/C14H14Br2N4/c15-10-3-5-11(6-4-10)19-14-18-8-12(16)13(20-14)17-7-9-1-2-9/h3-6,8-9H,1-2,7H2,(H2,17,18,19,20). The topological polar surface area (TPSA) is 49.8 Å². The first-order valence-corrected chi connectivity index (χ1v) is 8.08. The van der Waals surface area contributed by atoms with Crippen LogP contribution >= 0.6 is 31.9 Å². The number of hydrogen-bond acceptors (Lipinski definition) is 4. The Hall–Kier alpha value is -1.14. The van der Waals surface area contributed by atoms with E-state index in [1.807, 2.05) is 24.3 Å². The fourth-order valence-electron chi connectivity index (χ4n) is 1.78. The number of hydrogen-bond donors (Lipinski definition) is 2. The molecule has 1 heterocycles. The molecular weight excluding hydrogens is 384 g/mol. The van der Waals surface area contributed by atoms with Crippen LogP contribution < -0.4 is 10.6 Å². The third kappa shape index (κ3) is 3.70. The Kier molecular flexibility index (Phi) is 4.21. The van der Waals surface area contributed by atoms with Gasteiger partial charge in [-0.15, -0.1) is 0 Å². The lowest BCUT2D eigenvalue weighted by Crippen LogP contribution is -2.07. The predicted octanol–water partition coefficient (Wildman–Crippen LogP) is 4.57. The number of anilines is 3. The van der Waals surface area contributed by atoms with Crippen molar-refractivity contribution in [2.45, 2.75) is 12.8 Å². The molecule has 0 amide bonds. The largest absolute Gasteiger partial charge is 0.369 e. The number of nitrogens with one attached hydrogen (secondary N) is 2. The minimum Gasteiger partial charge on any atom is -0.369 e. The van der Waals surface area contributed by atoms with Crippen LogP contribution in [0.25, 0.3) is 0 Å². The van der Waals surface area contributed by atoms with Crippen LogP contribution in [0.15, 0.2) is 39.4 Å². The highest BCUT2D eigenvalue weighted by atomic mass is 79.9. The highest BCUT2D eigenvalue weighted by Gasteiger charge is 2.21. The van der Waals surface area contributed by atoms with E-state index in [1.165, 1.54) is 12.8 Å². The summed E-state index contributed by atoms with van der Waals surface area (Å²) in [4.78, 5) is 8.78. The minimum atomic E-state index is 0.591. The third-order valence-corrected chi connectivity index (χ3v) is 4.21.